The zero-order chi connectivity index (χ0) is 15.1. The Balaban J connectivity index is 2.05. The number of aryl methyl sites for hydroxylation is 1. The fraction of sp³-hybridized carbons (Fsp3) is 0.778. The van der Waals surface area contributed by atoms with Crippen LogP contribution in [0.1, 0.15) is 75.1 Å². The van der Waals surface area contributed by atoms with Crippen LogP contribution in [0.5, 0.6) is 0 Å². The van der Waals surface area contributed by atoms with Crippen molar-refractivity contribution in [3.8, 4) is 0 Å². The molecule has 1 aliphatic carbocycles. The molecule has 1 unspecified atom stereocenters. The number of rotatable bonds is 2. The molecule has 0 saturated heterocycles. The third kappa shape index (κ3) is 2.95. The van der Waals surface area contributed by atoms with Crippen LogP contribution in [0.15, 0.2) is 0 Å². The molecule has 0 amide bonds. The van der Waals surface area contributed by atoms with Crippen LogP contribution in [0.3, 0.4) is 0 Å². The largest absolute Gasteiger partial charge is 0.387 e. The summed E-state index contributed by atoms with van der Waals surface area (Å²) in [6.45, 7) is 13.4. The van der Waals surface area contributed by atoms with E-state index in [2.05, 4.69) is 46.5 Å². The van der Waals surface area contributed by atoms with Crippen molar-refractivity contribution >= 4 is 0 Å². The van der Waals surface area contributed by atoms with Crippen LogP contribution < -0.4 is 0 Å². The molecule has 1 heterocycles. The zero-order valence-electron chi connectivity index (χ0n) is 14.0. The summed E-state index contributed by atoms with van der Waals surface area (Å²) in [4.78, 5) is 3.40. The average Bonchev–Trinajstić information content (AvgIpc) is 2.65. The van der Waals surface area contributed by atoms with Gasteiger partial charge in [0.1, 0.15) is 0 Å². The SMILES string of the molecule is Cc1[nH]c(C(O)C2CCC(C(C)(C)C)CC2)c(C)c1C. The molecule has 1 aromatic rings. The summed E-state index contributed by atoms with van der Waals surface area (Å²) in [6.07, 6.45) is 4.49. The van der Waals surface area contributed by atoms with Crippen LogP contribution in [0.25, 0.3) is 0 Å². The predicted octanol–water partition coefficient (Wildman–Crippen LogP) is 4.83. The van der Waals surface area contributed by atoms with E-state index < -0.39 is 0 Å². The van der Waals surface area contributed by atoms with Crippen LogP contribution in [-0.2, 0) is 0 Å². The molecule has 2 nitrogen and oxygen atoms in total. The molecule has 1 atom stereocenters. The lowest BCUT2D eigenvalue weighted by atomic mass is 9.68. The van der Waals surface area contributed by atoms with Crippen LogP contribution in [-0.4, -0.2) is 10.1 Å². The van der Waals surface area contributed by atoms with Crippen LogP contribution in [0.2, 0.25) is 0 Å². The molecule has 0 bridgehead atoms. The van der Waals surface area contributed by atoms with E-state index in [9.17, 15) is 5.11 Å². The van der Waals surface area contributed by atoms with Gasteiger partial charge in [-0.1, -0.05) is 20.8 Å². The fourth-order valence-corrected chi connectivity index (χ4v) is 3.71. The molecule has 0 radical (unpaired) electrons. The molecule has 20 heavy (non-hydrogen) atoms. The Morgan fingerprint density at radius 1 is 1.00 bits per heavy atom. The quantitative estimate of drug-likeness (QED) is 0.798. The van der Waals surface area contributed by atoms with E-state index in [1.165, 1.54) is 29.7 Å². The molecular weight excluding hydrogens is 246 g/mol. The minimum atomic E-state index is -0.316. The van der Waals surface area contributed by atoms with E-state index in [4.69, 9.17) is 0 Å². The van der Waals surface area contributed by atoms with E-state index in [0.717, 1.165) is 24.5 Å². The summed E-state index contributed by atoms with van der Waals surface area (Å²) in [7, 11) is 0. The second-order valence-electron chi connectivity index (χ2n) is 7.84. The first-order valence-corrected chi connectivity index (χ1v) is 8.05. The molecular formula is C18H31NO. The predicted molar refractivity (Wildman–Crippen MR) is 84.9 cm³/mol. The number of hydrogen-bond acceptors (Lipinski definition) is 1. The summed E-state index contributed by atoms with van der Waals surface area (Å²) >= 11 is 0. The lowest BCUT2D eigenvalue weighted by molar-refractivity contribution is 0.0501. The summed E-state index contributed by atoms with van der Waals surface area (Å²) in [5.74, 6) is 1.23. The number of aromatic nitrogens is 1. The van der Waals surface area contributed by atoms with Gasteiger partial charge in [-0.25, -0.2) is 0 Å². The van der Waals surface area contributed by atoms with Crippen molar-refractivity contribution in [2.45, 2.75) is 73.3 Å². The number of hydrogen-bond donors (Lipinski definition) is 2. The summed E-state index contributed by atoms with van der Waals surface area (Å²) in [6, 6.07) is 0. The van der Waals surface area contributed by atoms with Gasteiger partial charge >= 0.3 is 0 Å². The Morgan fingerprint density at radius 2 is 1.55 bits per heavy atom. The van der Waals surface area contributed by atoms with E-state index in [1.807, 2.05) is 0 Å². The highest BCUT2D eigenvalue weighted by molar-refractivity contribution is 5.35. The van der Waals surface area contributed by atoms with Gasteiger partial charge < -0.3 is 10.1 Å². The van der Waals surface area contributed by atoms with Crippen molar-refractivity contribution in [3.63, 3.8) is 0 Å². The molecule has 1 aliphatic rings. The van der Waals surface area contributed by atoms with Crippen molar-refractivity contribution in [2.24, 2.45) is 17.3 Å². The molecule has 0 spiro atoms. The summed E-state index contributed by atoms with van der Waals surface area (Å²) in [5, 5.41) is 10.7. The van der Waals surface area contributed by atoms with Gasteiger partial charge in [-0.2, -0.15) is 0 Å². The number of H-pyrrole nitrogens is 1. The molecule has 1 fully saturated rings. The maximum absolute atomic E-state index is 10.7. The number of nitrogens with one attached hydrogen (secondary N) is 1. The second-order valence-corrected chi connectivity index (χ2v) is 7.84. The first-order chi connectivity index (χ1) is 9.21. The number of aromatic amines is 1. The van der Waals surface area contributed by atoms with Gasteiger partial charge in [-0.3, -0.25) is 0 Å². The van der Waals surface area contributed by atoms with Gasteiger partial charge in [0, 0.05) is 11.4 Å². The molecule has 2 heteroatoms. The summed E-state index contributed by atoms with van der Waals surface area (Å²) < 4.78 is 0. The zero-order valence-corrected chi connectivity index (χ0v) is 14.0. The number of aliphatic hydroxyl groups is 1. The highest BCUT2D eigenvalue weighted by Crippen LogP contribution is 2.43. The third-order valence-electron chi connectivity index (χ3n) is 5.59. The van der Waals surface area contributed by atoms with Gasteiger partial charge in [-0.05, 0) is 74.8 Å². The first kappa shape index (κ1) is 15.6. The maximum atomic E-state index is 10.7. The molecule has 2 rings (SSSR count). The van der Waals surface area contributed by atoms with E-state index in [1.54, 1.807) is 0 Å². The molecule has 114 valence electrons. The van der Waals surface area contributed by atoms with E-state index in [-0.39, 0.29) is 6.10 Å². The lowest BCUT2D eigenvalue weighted by Gasteiger charge is -2.38. The van der Waals surface area contributed by atoms with Crippen molar-refractivity contribution in [2.75, 3.05) is 0 Å². The minimum absolute atomic E-state index is 0.316. The molecule has 1 aromatic heterocycles. The fourth-order valence-electron chi connectivity index (χ4n) is 3.71. The smallest absolute Gasteiger partial charge is 0.0968 e. The molecule has 1 saturated carbocycles. The van der Waals surface area contributed by atoms with E-state index in [0.29, 0.717) is 11.3 Å². The van der Waals surface area contributed by atoms with Crippen molar-refractivity contribution < 1.29 is 5.11 Å². The molecule has 0 aliphatic heterocycles. The third-order valence-corrected chi connectivity index (χ3v) is 5.59. The Bertz CT molecular complexity index is 458. The van der Waals surface area contributed by atoms with Gasteiger partial charge in [0.05, 0.1) is 6.10 Å². The van der Waals surface area contributed by atoms with Crippen molar-refractivity contribution in [1.29, 1.82) is 0 Å². The monoisotopic (exact) mass is 277 g/mol. The topological polar surface area (TPSA) is 36.0 Å². The Hall–Kier alpha value is -0.760. The van der Waals surface area contributed by atoms with Gasteiger partial charge in [0.15, 0.2) is 0 Å². The lowest BCUT2D eigenvalue weighted by Crippen LogP contribution is -2.28. The Labute approximate surface area is 124 Å². The van der Waals surface area contributed by atoms with Gasteiger partial charge in [0.2, 0.25) is 0 Å². The molecule has 0 aromatic carbocycles. The van der Waals surface area contributed by atoms with Crippen LogP contribution in [0.4, 0.5) is 0 Å². The highest BCUT2D eigenvalue weighted by atomic mass is 16.3. The van der Waals surface area contributed by atoms with Gasteiger partial charge in [0.25, 0.3) is 0 Å². The summed E-state index contributed by atoms with van der Waals surface area (Å²) in [5.41, 5.74) is 5.19. The highest BCUT2D eigenvalue weighted by Gasteiger charge is 2.33. The van der Waals surface area contributed by atoms with Crippen molar-refractivity contribution in [3.05, 3.63) is 22.5 Å². The maximum Gasteiger partial charge on any atom is 0.0968 e. The minimum Gasteiger partial charge on any atom is -0.387 e. The van der Waals surface area contributed by atoms with Crippen LogP contribution >= 0.6 is 0 Å². The second kappa shape index (κ2) is 5.55. The standard InChI is InChI=1S/C18H31NO/c1-11-12(2)16(19-13(11)3)17(20)14-7-9-15(10-8-14)18(4,5)6/h14-15,17,19-20H,7-10H2,1-6H3. The normalized spacial score (nSPS) is 25.8. The molecule has 2 N–H and O–H groups in total. The van der Waals surface area contributed by atoms with E-state index >= 15 is 0 Å². The Morgan fingerprint density at radius 3 is 1.95 bits per heavy atom. The Kier molecular flexibility index (Phi) is 4.34. The van der Waals surface area contributed by atoms with Crippen molar-refractivity contribution in [1.82, 2.24) is 4.98 Å². The van der Waals surface area contributed by atoms with Crippen LogP contribution in [0, 0.1) is 38.0 Å². The number of aliphatic hydroxyl groups excluding tert-OH is 1. The van der Waals surface area contributed by atoms with Gasteiger partial charge in [-0.15, -0.1) is 0 Å². The average molecular weight is 277 g/mol. The first-order valence-electron chi connectivity index (χ1n) is 8.05.